The van der Waals surface area contributed by atoms with Gasteiger partial charge >= 0.3 is 0 Å². The summed E-state index contributed by atoms with van der Waals surface area (Å²) in [5.41, 5.74) is 10.7. The first-order chi connectivity index (χ1) is 32.7. The Morgan fingerprint density at radius 1 is 0.303 bits per heavy atom. The Morgan fingerprint density at radius 2 is 0.742 bits per heavy atom. The van der Waals surface area contributed by atoms with Crippen LogP contribution in [0, 0.1) is 11.3 Å². The molecule has 0 atom stereocenters. The molecule has 0 radical (unpaired) electrons. The number of rotatable bonds is 7. The van der Waals surface area contributed by atoms with Crippen LogP contribution in [0.5, 0.6) is 0 Å². The highest BCUT2D eigenvalue weighted by Crippen LogP contribution is 2.41. The summed E-state index contributed by atoms with van der Waals surface area (Å²) in [7, 11) is -2.78. The molecule has 0 aliphatic carbocycles. The summed E-state index contributed by atoms with van der Waals surface area (Å²) in [6.45, 7) is 0. The fourth-order valence-corrected chi connectivity index (χ4v) is 15.9. The summed E-state index contributed by atoms with van der Waals surface area (Å²) in [5.74, 6) is 0. The Kier molecular flexibility index (Phi) is 8.57. The zero-order valence-electron chi connectivity index (χ0n) is 35.9. The quantitative estimate of drug-likeness (QED) is 0.116. The van der Waals surface area contributed by atoms with Gasteiger partial charge in [-0.1, -0.05) is 170 Å². The molecule has 0 amide bonds. The van der Waals surface area contributed by atoms with Gasteiger partial charge in [0.15, 0.2) is 8.07 Å². The molecule has 0 saturated heterocycles. The maximum atomic E-state index is 9.90. The van der Waals surface area contributed by atoms with Gasteiger partial charge < -0.3 is 13.7 Å². The Labute approximate surface area is 382 Å². The highest BCUT2D eigenvalue weighted by Gasteiger charge is 2.41. The molecule has 0 aliphatic heterocycles. The summed E-state index contributed by atoms with van der Waals surface area (Å²) in [5, 5.41) is 22.3. The summed E-state index contributed by atoms with van der Waals surface area (Å²) < 4.78 is 7.30. The first-order valence-electron chi connectivity index (χ1n) is 22.5. The van der Waals surface area contributed by atoms with E-state index in [4.69, 9.17) is 0 Å². The van der Waals surface area contributed by atoms with Crippen molar-refractivity contribution >= 4 is 94.2 Å². The third-order valence-corrected chi connectivity index (χ3v) is 18.6. The average Bonchev–Trinajstić information content (AvgIpc) is 4.03. The van der Waals surface area contributed by atoms with E-state index in [9.17, 15) is 5.26 Å². The lowest BCUT2D eigenvalue weighted by Crippen LogP contribution is -2.74. The molecule has 0 N–H and O–H groups in total. The van der Waals surface area contributed by atoms with E-state index in [1.165, 1.54) is 42.3 Å². The molecule has 66 heavy (non-hydrogen) atoms. The van der Waals surface area contributed by atoms with Crippen molar-refractivity contribution in [3.8, 4) is 23.1 Å². The molecule has 0 bridgehead atoms. The first-order valence-corrected chi connectivity index (χ1v) is 24.5. The molecule has 10 aromatic carbocycles. The zero-order chi connectivity index (χ0) is 43.8. The van der Waals surface area contributed by atoms with Crippen molar-refractivity contribution in [3.63, 3.8) is 0 Å². The molecule has 0 saturated carbocycles. The number of nitriles is 1. The van der Waals surface area contributed by atoms with Crippen molar-refractivity contribution in [1.29, 1.82) is 5.26 Å². The van der Waals surface area contributed by atoms with Gasteiger partial charge in [-0.15, -0.1) is 0 Å². The van der Waals surface area contributed by atoms with E-state index < -0.39 is 8.07 Å². The maximum absolute atomic E-state index is 9.90. The lowest BCUT2D eigenvalue weighted by molar-refractivity contribution is 1.13. The molecule has 0 spiro atoms. The molecule has 3 heterocycles. The number of fused-ring (bicyclic) bond motifs is 9. The van der Waals surface area contributed by atoms with Gasteiger partial charge in [-0.25, -0.2) is 0 Å². The molecule has 4 nitrogen and oxygen atoms in total. The number of hydrogen-bond donors (Lipinski definition) is 0. The Hall–Kier alpha value is -8.69. The smallest absolute Gasteiger partial charge is 0.179 e. The molecular formula is C61H40N4Si. The van der Waals surface area contributed by atoms with E-state index in [1.807, 2.05) is 12.1 Å². The van der Waals surface area contributed by atoms with Gasteiger partial charge in [0.25, 0.3) is 0 Å². The van der Waals surface area contributed by atoms with E-state index in [2.05, 4.69) is 250 Å². The monoisotopic (exact) mass is 856 g/mol. The van der Waals surface area contributed by atoms with E-state index >= 15 is 0 Å². The van der Waals surface area contributed by atoms with E-state index in [0.29, 0.717) is 5.56 Å². The third-order valence-electron chi connectivity index (χ3n) is 13.8. The second-order valence-electron chi connectivity index (χ2n) is 17.2. The molecule has 13 aromatic rings. The molecule has 13 rings (SSSR count). The Bertz CT molecular complexity index is 3960. The van der Waals surface area contributed by atoms with E-state index in [0.717, 1.165) is 60.9 Å². The topological polar surface area (TPSA) is 38.6 Å². The standard InChI is InChI=1S/C61H40N4Si/c62-41-42-34-36-59-53(38-42)50-27-12-15-32-57(50)65(59)60-33-17-29-52-49-26-10-14-31-56(49)64(61(52)60)44-35-37-58-54(40-44)51-28-11-13-30-55(51)63(58)43-18-16-25-48(39-43)66(45-19-4-1-5-20-45,46-21-6-2-7-22-46)47-23-8-3-9-24-47/h1-40H. The molecule has 0 unspecified atom stereocenters. The highest BCUT2D eigenvalue weighted by atomic mass is 28.3. The largest absolute Gasteiger partial charge is 0.309 e. The van der Waals surface area contributed by atoms with E-state index in [-0.39, 0.29) is 0 Å². The number of aromatic nitrogens is 3. The lowest BCUT2D eigenvalue weighted by Gasteiger charge is -2.34. The SMILES string of the molecule is N#Cc1ccc2c(c1)c1ccccc1n2-c1cccc2c3ccccc3n(-c3ccc4c(c3)c3ccccc3n4-c3cccc([Si](c4ccccc4)(c4ccccc4)c4ccccc4)c3)c12. The van der Waals surface area contributed by atoms with Gasteiger partial charge in [-0.05, 0) is 93.5 Å². The van der Waals surface area contributed by atoms with Gasteiger partial charge in [0.1, 0.15) is 0 Å². The first kappa shape index (κ1) is 37.8. The maximum Gasteiger partial charge on any atom is 0.179 e. The fraction of sp³-hybridized carbons (Fsp3) is 0. The van der Waals surface area contributed by atoms with Gasteiger partial charge in [0, 0.05) is 43.7 Å². The van der Waals surface area contributed by atoms with Crippen LogP contribution in [0.4, 0.5) is 0 Å². The number of hydrogen-bond acceptors (Lipinski definition) is 1. The lowest BCUT2D eigenvalue weighted by atomic mass is 10.1. The number of para-hydroxylation sites is 4. The zero-order valence-corrected chi connectivity index (χ0v) is 36.9. The van der Waals surface area contributed by atoms with Crippen LogP contribution in [0.2, 0.25) is 0 Å². The molecule has 5 heteroatoms. The van der Waals surface area contributed by atoms with Crippen LogP contribution in [0.1, 0.15) is 5.56 Å². The highest BCUT2D eigenvalue weighted by molar-refractivity contribution is 7.19. The van der Waals surface area contributed by atoms with Gasteiger partial charge in [-0.3, -0.25) is 0 Å². The molecular weight excluding hydrogens is 817 g/mol. The van der Waals surface area contributed by atoms with Crippen molar-refractivity contribution in [2.24, 2.45) is 0 Å². The van der Waals surface area contributed by atoms with Crippen molar-refractivity contribution in [2.45, 2.75) is 0 Å². The summed E-state index contributed by atoms with van der Waals surface area (Å²) in [4.78, 5) is 0. The molecule has 3 aromatic heterocycles. The second kappa shape index (κ2) is 15.0. The summed E-state index contributed by atoms with van der Waals surface area (Å²) in [6, 6.07) is 91.0. The minimum absolute atomic E-state index is 0.655. The van der Waals surface area contributed by atoms with Crippen LogP contribution < -0.4 is 20.7 Å². The Morgan fingerprint density at radius 3 is 1.36 bits per heavy atom. The number of benzene rings is 10. The predicted molar refractivity (Wildman–Crippen MR) is 278 cm³/mol. The van der Waals surface area contributed by atoms with Crippen molar-refractivity contribution in [2.75, 3.05) is 0 Å². The summed E-state index contributed by atoms with van der Waals surface area (Å²) >= 11 is 0. The van der Waals surface area contributed by atoms with Crippen LogP contribution >= 0.6 is 0 Å². The second-order valence-corrected chi connectivity index (χ2v) is 21.0. The van der Waals surface area contributed by atoms with Crippen LogP contribution in [0.25, 0.3) is 82.5 Å². The van der Waals surface area contributed by atoms with Crippen molar-refractivity contribution < 1.29 is 0 Å². The van der Waals surface area contributed by atoms with Gasteiger partial charge in [0.2, 0.25) is 0 Å². The van der Waals surface area contributed by atoms with Crippen LogP contribution in [-0.4, -0.2) is 21.8 Å². The average molecular weight is 857 g/mol. The summed E-state index contributed by atoms with van der Waals surface area (Å²) in [6.07, 6.45) is 0. The predicted octanol–water partition coefficient (Wildman–Crippen LogP) is 12.2. The minimum atomic E-state index is -2.78. The van der Waals surface area contributed by atoms with Crippen molar-refractivity contribution in [3.05, 3.63) is 248 Å². The van der Waals surface area contributed by atoms with E-state index in [1.54, 1.807) is 0 Å². The van der Waals surface area contributed by atoms with Gasteiger partial charge in [-0.2, -0.15) is 5.26 Å². The van der Waals surface area contributed by atoms with Crippen LogP contribution in [0.3, 0.4) is 0 Å². The number of nitrogens with zero attached hydrogens (tertiary/aromatic N) is 4. The minimum Gasteiger partial charge on any atom is -0.309 e. The van der Waals surface area contributed by atoms with Crippen LogP contribution in [0.15, 0.2) is 243 Å². The van der Waals surface area contributed by atoms with Crippen LogP contribution in [-0.2, 0) is 0 Å². The van der Waals surface area contributed by atoms with Gasteiger partial charge in [0.05, 0.1) is 50.4 Å². The normalized spacial score (nSPS) is 11.9. The molecule has 0 fully saturated rings. The Balaban J connectivity index is 1.06. The molecule has 308 valence electrons. The molecule has 0 aliphatic rings. The third kappa shape index (κ3) is 5.49. The van der Waals surface area contributed by atoms with Crippen molar-refractivity contribution in [1.82, 2.24) is 13.7 Å². The fourth-order valence-electron chi connectivity index (χ4n) is 11.1.